The molecule has 2 aromatic carbocycles. The lowest BCUT2D eigenvalue weighted by molar-refractivity contribution is -0.355. The van der Waals surface area contributed by atoms with Crippen LogP contribution in [-0.4, -0.2) is 16.2 Å². The van der Waals surface area contributed by atoms with Gasteiger partial charge in [0, 0.05) is 10.5 Å². The van der Waals surface area contributed by atoms with Crippen LogP contribution in [0.15, 0.2) is 46.9 Å². The van der Waals surface area contributed by atoms with Gasteiger partial charge in [0.2, 0.25) is 5.69 Å². The highest BCUT2D eigenvalue weighted by molar-refractivity contribution is 9.10. The minimum atomic E-state index is -0.210. The predicted molar refractivity (Wildman–Crippen MR) is 91.0 cm³/mol. The van der Waals surface area contributed by atoms with Crippen molar-refractivity contribution >= 4 is 33.1 Å². The van der Waals surface area contributed by atoms with Gasteiger partial charge < -0.3 is 5.21 Å². The van der Waals surface area contributed by atoms with Gasteiger partial charge in [0.15, 0.2) is 0 Å². The van der Waals surface area contributed by atoms with Crippen LogP contribution in [0, 0.1) is 5.21 Å². The quantitative estimate of drug-likeness (QED) is 0.553. The van der Waals surface area contributed by atoms with Crippen LogP contribution in [0.1, 0.15) is 42.3 Å². The van der Waals surface area contributed by atoms with Crippen molar-refractivity contribution in [2.45, 2.75) is 26.2 Å². The van der Waals surface area contributed by atoms with Crippen molar-refractivity contribution in [2.24, 2.45) is 0 Å². The Morgan fingerprint density at radius 3 is 2.27 bits per heavy atom. The summed E-state index contributed by atoms with van der Waals surface area (Å²) in [5.74, 6) is -0.210. The third-order valence-corrected chi connectivity index (χ3v) is 4.39. The first-order valence-electron chi connectivity index (χ1n) is 7.08. The summed E-state index contributed by atoms with van der Waals surface area (Å²) in [6.45, 7) is 6.26. The summed E-state index contributed by atoms with van der Waals surface area (Å²) in [4.78, 5) is 12.7. The van der Waals surface area contributed by atoms with Crippen LogP contribution in [-0.2, 0) is 5.41 Å². The van der Waals surface area contributed by atoms with E-state index in [-0.39, 0.29) is 16.9 Å². The summed E-state index contributed by atoms with van der Waals surface area (Å²) in [5.41, 5.74) is 2.72. The van der Waals surface area contributed by atoms with Gasteiger partial charge >= 0.3 is 0 Å². The van der Waals surface area contributed by atoms with Crippen molar-refractivity contribution in [3.63, 3.8) is 0 Å². The van der Waals surface area contributed by atoms with Crippen LogP contribution in [0.2, 0.25) is 0 Å². The molecule has 0 spiro atoms. The summed E-state index contributed by atoms with van der Waals surface area (Å²) in [6, 6.07) is 12.7. The van der Waals surface area contributed by atoms with Crippen molar-refractivity contribution in [3.8, 4) is 0 Å². The standard InChI is InChI=1S/C18H16BrNO2/c1-18(2,3)12-6-9-15-14(10-12)17(21)16(20(15)22)11-4-7-13(19)8-5-11/h4-10H,1-3H3. The number of carbonyl (C=O) groups is 1. The van der Waals surface area contributed by atoms with Gasteiger partial charge in [-0.15, -0.1) is 0 Å². The third kappa shape index (κ3) is 2.37. The molecule has 2 aromatic rings. The molecule has 1 heterocycles. The van der Waals surface area contributed by atoms with Crippen LogP contribution in [0.3, 0.4) is 0 Å². The second kappa shape index (κ2) is 5.06. The molecule has 4 heteroatoms. The van der Waals surface area contributed by atoms with E-state index in [2.05, 4.69) is 36.7 Å². The van der Waals surface area contributed by atoms with E-state index >= 15 is 0 Å². The SMILES string of the molecule is CC(C)(C)c1ccc2c(c1)C(=O)C(c1ccc(Br)cc1)=[N+]2[O-]. The average molecular weight is 358 g/mol. The zero-order chi connectivity index (χ0) is 16.1. The molecule has 112 valence electrons. The molecule has 0 bridgehead atoms. The Morgan fingerprint density at radius 1 is 1.05 bits per heavy atom. The van der Waals surface area contributed by atoms with Gasteiger partial charge in [-0.25, -0.2) is 0 Å². The molecule has 22 heavy (non-hydrogen) atoms. The van der Waals surface area contributed by atoms with Crippen LogP contribution < -0.4 is 0 Å². The highest BCUT2D eigenvalue weighted by Crippen LogP contribution is 2.33. The number of hydrogen-bond donors (Lipinski definition) is 0. The molecule has 0 atom stereocenters. The number of carbonyl (C=O) groups excluding carboxylic acids is 1. The molecule has 0 fully saturated rings. The predicted octanol–water partition coefficient (Wildman–Crippen LogP) is 4.57. The smallest absolute Gasteiger partial charge is 0.272 e. The maximum Gasteiger partial charge on any atom is 0.272 e. The third-order valence-electron chi connectivity index (χ3n) is 3.86. The maximum absolute atomic E-state index is 12.7. The van der Waals surface area contributed by atoms with Gasteiger partial charge in [-0.05, 0) is 41.3 Å². The van der Waals surface area contributed by atoms with Crippen LogP contribution >= 0.6 is 15.9 Å². The fourth-order valence-electron chi connectivity index (χ4n) is 2.56. The van der Waals surface area contributed by atoms with E-state index in [1.54, 1.807) is 18.2 Å². The summed E-state index contributed by atoms with van der Waals surface area (Å²) >= 11 is 3.36. The lowest BCUT2D eigenvalue weighted by Gasteiger charge is -2.19. The van der Waals surface area contributed by atoms with Gasteiger partial charge in [-0.3, -0.25) is 4.79 Å². The molecule has 0 aromatic heterocycles. The summed E-state index contributed by atoms with van der Waals surface area (Å²) in [5, 5.41) is 12.5. The maximum atomic E-state index is 12.7. The molecule has 0 amide bonds. The topological polar surface area (TPSA) is 43.1 Å². The van der Waals surface area contributed by atoms with Gasteiger partial charge in [0.25, 0.3) is 11.5 Å². The first kappa shape index (κ1) is 15.0. The summed E-state index contributed by atoms with van der Waals surface area (Å²) in [6.07, 6.45) is 0. The van der Waals surface area contributed by atoms with E-state index in [9.17, 15) is 10.0 Å². The van der Waals surface area contributed by atoms with Gasteiger partial charge in [-0.2, -0.15) is 4.74 Å². The molecule has 3 rings (SSSR count). The van der Waals surface area contributed by atoms with Gasteiger partial charge in [0.05, 0.1) is 5.56 Å². The number of fused-ring (bicyclic) bond motifs is 1. The van der Waals surface area contributed by atoms with E-state index in [1.165, 1.54) is 0 Å². The summed E-state index contributed by atoms with van der Waals surface area (Å²) in [7, 11) is 0. The fraction of sp³-hybridized carbons (Fsp3) is 0.222. The second-order valence-corrected chi connectivity index (χ2v) is 7.38. The average Bonchev–Trinajstić information content (AvgIpc) is 2.71. The fourth-order valence-corrected chi connectivity index (χ4v) is 2.82. The van der Waals surface area contributed by atoms with Crippen LogP contribution in [0.4, 0.5) is 5.69 Å². The zero-order valence-electron chi connectivity index (χ0n) is 12.7. The van der Waals surface area contributed by atoms with Crippen molar-refractivity contribution in [1.29, 1.82) is 0 Å². The Labute approximate surface area is 138 Å². The molecular weight excluding hydrogens is 342 g/mol. The number of nitrogens with zero attached hydrogens (tertiary/aromatic N) is 1. The minimum absolute atomic E-state index is 0.0661. The molecule has 1 aliphatic heterocycles. The monoisotopic (exact) mass is 357 g/mol. The first-order chi connectivity index (χ1) is 10.3. The Morgan fingerprint density at radius 2 is 1.68 bits per heavy atom. The molecule has 0 saturated heterocycles. The Kier molecular flexibility index (Phi) is 3.44. The van der Waals surface area contributed by atoms with E-state index in [0.717, 1.165) is 14.8 Å². The highest BCUT2D eigenvalue weighted by atomic mass is 79.9. The zero-order valence-corrected chi connectivity index (χ0v) is 14.3. The lowest BCUT2D eigenvalue weighted by Crippen LogP contribution is -2.17. The Balaban J connectivity index is 2.11. The van der Waals surface area contributed by atoms with E-state index in [0.29, 0.717) is 16.8 Å². The van der Waals surface area contributed by atoms with Crippen molar-refractivity contribution in [1.82, 2.24) is 0 Å². The Hall–Kier alpha value is -1.94. The number of ketones is 1. The summed E-state index contributed by atoms with van der Waals surface area (Å²) < 4.78 is 1.65. The number of halogens is 1. The van der Waals surface area contributed by atoms with Crippen molar-refractivity contribution < 1.29 is 9.53 Å². The largest absolute Gasteiger partial charge is 0.618 e. The van der Waals surface area contributed by atoms with E-state index in [1.807, 2.05) is 24.3 Å². The molecule has 0 aliphatic carbocycles. The lowest BCUT2D eigenvalue weighted by atomic mass is 9.85. The number of hydrogen-bond acceptors (Lipinski definition) is 2. The molecule has 0 radical (unpaired) electrons. The second-order valence-electron chi connectivity index (χ2n) is 6.46. The molecule has 0 unspecified atom stereocenters. The van der Waals surface area contributed by atoms with Gasteiger partial charge in [-0.1, -0.05) is 42.8 Å². The van der Waals surface area contributed by atoms with E-state index < -0.39 is 0 Å². The highest BCUT2D eigenvalue weighted by Gasteiger charge is 2.37. The number of rotatable bonds is 1. The van der Waals surface area contributed by atoms with Gasteiger partial charge in [0.1, 0.15) is 5.56 Å². The van der Waals surface area contributed by atoms with Crippen molar-refractivity contribution in [2.75, 3.05) is 0 Å². The number of Topliss-reactive ketones (excluding diaryl/α,β-unsaturated/α-hetero) is 1. The molecule has 0 saturated carbocycles. The molecule has 1 aliphatic rings. The van der Waals surface area contributed by atoms with Crippen LogP contribution in [0.5, 0.6) is 0 Å². The van der Waals surface area contributed by atoms with Crippen molar-refractivity contribution in [3.05, 3.63) is 68.8 Å². The molecule has 3 nitrogen and oxygen atoms in total. The van der Waals surface area contributed by atoms with E-state index in [4.69, 9.17) is 0 Å². The Bertz CT molecular complexity index is 799. The minimum Gasteiger partial charge on any atom is -0.618 e. The first-order valence-corrected chi connectivity index (χ1v) is 7.88. The van der Waals surface area contributed by atoms with Crippen LogP contribution in [0.25, 0.3) is 0 Å². The normalized spacial score (nSPS) is 14.5. The number of benzene rings is 2. The molecular formula is C18H16BrNO2. The molecule has 0 N–H and O–H groups in total.